The zero-order valence-electron chi connectivity index (χ0n) is 17.8. The van der Waals surface area contributed by atoms with E-state index in [4.69, 9.17) is 4.99 Å². The Labute approximate surface area is 196 Å². The van der Waals surface area contributed by atoms with E-state index in [1.807, 2.05) is 17.5 Å². The zero-order chi connectivity index (χ0) is 19.8. The molecule has 0 aromatic carbocycles. The van der Waals surface area contributed by atoms with E-state index in [-0.39, 0.29) is 29.4 Å². The van der Waals surface area contributed by atoms with E-state index < -0.39 is 0 Å². The number of pyridine rings is 1. The number of anilines is 1. The van der Waals surface area contributed by atoms with Crippen LogP contribution < -0.4 is 15.5 Å². The van der Waals surface area contributed by atoms with Gasteiger partial charge in [-0.25, -0.2) is 9.98 Å². The summed E-state index contributed by atoms with van der Waals surface area (Å²) in [7, 11) is 0. The second-order valence-electron chi connectivity index (χ2n) is 7.98. The number of hydrogen-bond acceptors (Lipinski definition) is 4. The van der Waals surface area contributed by atoms with Crippen LogP contribution in [0.25, 0.3) is 0 Å². The van der Waals surface area contributed by atoms with Crippen LogP contribution in [0.15, 0.2) is 40.8 Å². The molecule has 1 saturated heterocycles. The number of aromatic nitrogens is 1. The van der Waals surface area contributed by atoms with Gasteiger partial charge in [-0.2, -0.15) is 0 Å². The van der Waals surface area contributed by atoms with E-state index in [2.05, 4.69) is 70.9 Å². The van der Waals surface area contributed by atoms with E-state index in [0.717, 1.165) is 38.0 Å². The van der Waals surface area contributed by atoms with Crippen molar-refractivity contribution in [3.05, 3.63) is 46.3 Å². The third kappa shape index (κ3) is 7.13. The van der Waals surface area contributed by atoms with Crippen molar-refractivity contribution in [2.24, 2.45) is 4.99 Å². The molecular formula is C22H34IN5S. The molecule has 5 nitrogen and oxygen atoms in total. The molecule has 0 unspecified atom stereocenters. The van der Waals surface area contributed by atoms with Gasteiger partial charge >= 0.3 is 0 Å². The Kier molecular flexibility index (Phi) is 9.68. The Morgan fingerprint density at radius 2 is 2.00 bits per heavy atom. The third-order valence-electron chi connectivity index (χ3n) is 5.14. The fraction of sp³-hybridized carbons (Fsp3) is 0.545. The molecule has 160 valence electrons. The summed E-state index contributed by atoms with van der Waals surface area (Å²) in [5, 5.41) is 9.02. The van der Waals surface area contributed by atoms with Crippen LogP contribution in [0.1, 0.15) is 50.5 Å². The summed E-state index contributed by atoms with van der Waals surface area (Å²) in [6.07, 6.45) is 5.77. The van der Waals surface area contributed by atoms with Crippen molar-refractivity contribution in [2.75, 3.05) is 31.1 Å². The number of nitrogens with one attached hydrogen (secondary N) is 2. The molecule has 3 rings (SSSR count). The lowest BCUT2D eigenvalue weighted by Gasteiger charge is -2.27. The first-order chi connectivity index (χ1) is 13.6. The van der Waals surface area contributed by atoms with Gasteiger partial charge in [0.25, 0.3) is 0 Å². The van der Waals surface area contributed by atoms with Crippen molar-refractivity contribution in [2.45, 2.75) is 52.0 Å². The molecule has 0 saturated carbocycles. The van der Waals surface area contributed by atoms with Crippen molar-refractivity contribution in [3.63, 3.8) is 0 Å². The minimum atomic E-state index is 0. The van der Waals surface area contributed by atoms with Crippen LogP contribution in [0.2, 0.25) is 0 Å². The fourth-order valence-electron chi connectivity index (χ4n) is 3.42. The quantitative estimate of drug-likeness (QED) is 0.309. The predicted octanol–water partition coefficient (Wildman–Crippen LogP) is 4.78. The molecule has 0 amide bonds. The highest BCUT2D eigenvalue weighted by Gasteiger charge is 2.22. The Morgan fingerprint density at radius 1 is 1.21 bits per heavy atom. The van der Waals surface area contributed by atoms with Crippen molar-refractivity contribution in [3.8, 4) is 0 Å². The van der Waals surface area contributed by atoms with Gasteiger partial charge in [0.2, 0.25) is 0 Å². The Bertz CT molecular complexity index is 754. The highest BCUT2D eigenvalue weighted by atomic mass is 127. The summed E-state index contributed by atoms with van der Waals surface area (Å²) in [6, 6.07) is 8.57. The number of aliphatic imine (C=N–C) groups is 1. The van der Waals surface area contributed by atoms with Crippen LogP contribution in [0.5, 0.6) is 0 Å². The fourth-order valence-corrected chi connectivity index (χ4v) is 4.27. The molecule has 1 aliphatic heterocycles. The smallest absolute Gasteiger partial charge is 0.191 e. The average Bonchev–Trinajstić information content (AvgIpc) is 3.27. The Balaban J connectivity index is 0.00000300. The van der Waals surface area contributed by atoms with Crippen molar-refractivity contribution in [1.29, 1.82) is 0 Å². The highest BCUT2D eigenvalue weighted by molar-refractivity contribution is 14.0. The molecule has 7 heteroatoms. The Hall–Kier alpha value is -1.35. The van der Waals surface area contributed by atoms with Crippen LogP contribution in [0.3, 0.4) is 0 Å². The molecule has 0 atom stereocenters. The van der Waals surface area contributed by atoms with E-state index in [1.54, 1.807) is 0 Å². The molecule has 29 heavy (non-hydrogen) atoms. The van der Waals surface area contributed by atoms with E-state index in [0.29, 0.717) is 6.54 Å². The second kappa shape index (κ2) is 11.7. The summed E-state index contributed by atoms with van der Waals surface area (Å²) in [5.41, 5.74) is 1.27. The number of nitrogens with zero attached hydrogens (tertiary/aromatic N) is 3. The lowest BCUT2D eigenvalue weighted by Crippen LogP contribution is -2.43. The molecule has 0 aliphatic carbocycles. The molecule has 1 aliphatic rings. The molecule has 3 heterocycles. The summed E-state index contributed by atoms with van der Waals surface area (Å²) in [5.74, 6) is 1.95. The van der Waals surface area contributed by atoms with E-state index in [1.165, 1.54) is 29.7 Å². The number of halogens is 1. The van der Waals surface area contributed by atoms with E-state index >= 15 is 0 Å². The maximum absolute atomic E-state index is 4.81. The van der Waals surface area contributed by atoms with Gasteiger partial charge in [0, 0.05) is 42.7 Å². The predicted molar refractivity (Wildman–Crippen MR) is 136 cm³/mol. The summed E-state index contributed by atoms with van der Waals surface area (Å²) in [6.45, 7) is 11.2. The molecule has 2 aromatic heterocycles. The van der Waals surface area contributed by atoms with Crippen LogP contribution >= 0.6 is 35.3 Å². The lowest BCUT2D eigenvalue weighted by molar-refractivity contribution is 0.518. The van der Waals surface area contributed by atoms with Gasteiger partial charge in [-0.3, -0.25) is 0 Å². The summed E-state index contributed by atoms with van der Waals surface area (Å²) < 4.78 is 0. The van der Waals surface area contributed by atoms with Crippen molar-refractivity contribution < 1.29 is 0 Å². The van der Waals surface area contributed by atoms with Crippen LogP contribution in [0.4, 0.5) is 5.82 Å². The topological polar surface area (TPSA) is 52.6 Å². The maximum atomic E-state index is 4.81. The summed E-state index contributed by atoms with van der Waals surface area (Å²) >= 11 is 1.81. The Morgan fingerprint density at radius 3 is 2.69 bits per heavy atom. The van der Waals surface area contributed by atoms with Crippen LogP contribution in [-0.4, -0.2) is 37.1 Å². The van der Waals surface area contributed by atoms with Gasteiger partial charge in [-0.15, -0.1) is 35.3 Å². The normalized spacial score (nSPS) is 15.0. The first-order valence-electron chi connectivity index (χ1n) is 10.3. The third-order valence-corrected chi connectivity index (χ3v) is 6.38. The molecule has 2 aromatic rings. The molecule has 0 radical (unpaired) electrons. The average molecular weight is 528 g/mol. The molecule has 0 spiro atoms. The number of guanidine groups is 1. The summed E-state index contributed by atoms with van der Waals surface area (Å²) in [4.78, 5) is 13.2. The van der Waals surface area contributed by atoms with Crippen LogP contribution in [-0.2, 0) is 12.0 Å². The minimum absolute atomic E-state index is 0. The zero-order valence-corrected chi connectivity index (χ0v) is 20.9. The molecule has 1 fully saturated rings. The highest BCUT2D eigenvalue weighted by Crippen LogP contribution is 2.26. The van der Waals surface area contributed by atoms with Gasteiger partial charge < -0.3 is 15.5 Å². The minimum Gasteiger partial charge on any atom is -0.357 e. The van der Waals surface area contributed by atoms with Gasteiger partial charge in [0.15, 0.2) is 5.96 Å². The maximum Gasteiger partial charge on any atom is 0.191 e. The van der Waals surface area contributed by atoms with Gasteiger partial charge in [-0.1, -0.05) is 19.9 Å². The monoisotopic (exact) mass is 527 g/mol. The number of piperidine rings is 1. The van der Waals surface area contributed by atoms with Gasteiger partial charge in [0.05, 0.1) is 6.54 Å². The standard InChI is InChI=1S/C22H33N5S.HI/c1-4-23-21(26-17-22(2,3)19-9-8-14-28-19)25-16-18-10-11-24-20(15-18)27-12-6-5-7-13-27;/h8-11,14-15H,4-7,12-13,16-17H2,1-3H3,(H2,23,25,26);1H. The van der Waals surface area contributed by atoms with Gasteiger partial charge in [-0.05, 0) is 55.3 Å². The first-order valence-corrected chi connectivity index (χ1v) is 11.2. The number of thiophene rings is 1. The molecule has 0 bridgehead atoms. The SMILES string of the molecule is CCNC(=NCc1ccnc(N2CCCCC2)c1)NCC(C)(C)c1cccs1.I. The first kappa shape index (κ1) is 23.9. The second-order valence-corrected chi connectivity index (χ2v) is 8.93. The molecule has 2 N–H and O–H groups in total. The lowest BCUT2D eigenvalue weighted by atomic mass is 9.91. The number of hydrogen-bond donors (Lipinski definition) is 2. The van der Waals surface area contributed by atoms with E-state index in [9.17, 15) is 0 Å². The van der Waals surface area contributed by atoms with Crippen LogP contribution in [0, 0.1) is 0 Å². The van der Waals surface area contributed by atoms with Crippen molar-refractivity contribution >= 4 is 47.1 Å². The number of rotatable bonds is 7. The molecular weight excluding hydrogens is 493 g/mol. The van der Waals surface area contributed by atoms with Gasteiger partial charge in [0.1, 0.15) is 5.82 Å². The largest absolute Gasteiger partial charge is 0.357 e. The van der Waals surface area contributed by atoms with Crippen molar-refractivity contribution in [1.82, 2.24) is 15.6 Å².